The van der Waals surface area contributed by atoms with Crippen LogP contribution in [0.3, 0.4) is 0 Å². The van der Waals surface area contributed by atoms with Crippen molar-refractivity contribution >= 4 is 28.0 Å². The minimum absolute atomic E-state index is 0.0202. The van der Waals surface area contributed by atoms with E-state index < -0.39 is 45.5 Å². The normalized spacial score (nSPS) is 12.1. The third-order valence-electron chi connectivity index (χ3n) is 6.12. The van der Waals surface area contributed by atoms with Crippen LogP contribution in [0.4, 0.5) is 15.1 Å². The highest BCUT2D eigenvalue weighted by Gasteiger charge is 2.24. The van der Waals surface area contributed by atoms with Crippen molar-refractivity contribution in [1.29, 1.82) is 0 Å². The molecular formula is C32H37FN4O6S. The number of sulfonamides is 1. The quantitative estimate of drug-likeness (QED) is 0.238. The maximum atomic E-state index is 16.1. The van der Waals surface area contributed by atoms with Crippen LogP contribution in [0.5, 0.6) is 0 Å². The number of nitrogens with one attached hydrogen (secondary N) is 2. The van der Waals surface area contributed by atoms with Gasteiger partial charge in [0.15, 0.2) is 11.5 Å². The Balaban J connectivity index is 2.14. The Hall–Kier alpha value is -4.50. The number of hydrogen-bond donors (Lipinski definition) is 2. The molecule has 0 aliphatic heterocycles. The Labute approximate surface area is 257 Å². The lowest BCUT2D eigenvalue weighted by molar-refractivity contribution is 0.0511. The lowest BCUT2D eigenvalue weighted by Crippen LogP contribution is -2.39. The fraction of sp³-hybridized carbons (Fsp3) is 0.375. The minimum Gasteiger partial charge on any atom is -0.465 e. The van der Waals surface area contributed by atoms with Crippen LogP contribution in [0.25, 0.3) is 11.3 Å². The summed E-state index contributed by atoms with van der Waals surface area (Å²) in [6.45, 7) is 12.6. The Morgan fingerprint density at radius 3 is 2.27 bits per heavy atom. The molecule has 0 saturated carbocycles. The summed E-state index contributed by atoms with van der Waals surface area (Å²) in [7, 11) is -3.15. The fourth-order valence-electron chi connectivity index (χ4n) is 4.25. The first kappa shape index (κ1) is 34.0. The molecule has 1 heterocycles. The number of aryl methyl sites for hydroxylation is 2. The van der Waals surface area contributed by atoms with Crippen LogP contribution in [-0.2, 0) is 19.5 Å². The van der Waals surface area contributed by atoms with Gasteiger partial charge in [-0.1, -0.05) is 44.0 Å². The molecule has 0 bridgehead atoms. The summed E-state index contributed by atoms with van der Waals surface area (Å²) in [6.07, 6.45) is -0.252. The van der Waals surface area contributed by atoms with Crippen LogP contribution in [0.1, 0.15) is 68.2 Å². The summed E-state index contributed by atoms with van der Waals surface area (Å²) >= 11 is 0. The van der Waals surface area contributed by atoms with Gasteiger partial charge in [-0.25, -0.2) is 37.1 Å². The molecule has 0 radical (unpaired) electrons. The molecule has 0 saturated heterocycles. The van der Waals surface area contributed by atoms with Gasteiger partial charge in [0.2, 0.25) is 5.95 Å². The minimum atomic E-state index is -4.33. The van der Waals surface area contributed by atoms with Crippen molar-refractivity contribution in [3.63, 3.8) is 0 Å². The predicted molar refractivity (Wildman–Crippen MR) is 165 cm³/mol. The van der Waals surface area contributed by atoms with Crippen molar-refractivity contribution in [3.05, 3.63) is 70.7 Å². The predicted octanol–water partition coefficient (Wildman–Crippen LogP) is 5.78. The SMILES string of the molecule is COC(=O)c1cccc(S(=O)(=O)Nc2nc(C#CC(CC(C)C)NC(=O)OC(C)(C)C)c(F)c(-c3c(C)cccc3C)n2)c1. The van der Waals surface area contributed by atoms with Crippen molar-refractivity contribution in [2.45, 2.75) is 71.4 Å². The highest BCUT2D eigenvalue weighted by molar-refractivity contribution is 7.92. The zero-order chi connectivity index (χ0) is 32.8. The third-order valence-corrected chi connectivity index (χ3v) is 7.45. The molecule has 2 aromatic carbocycles. The maximum Gasteiger partial charge on any atom is 0.408 e. The first-order valence-corrected chi connectivity index (χ1v) is 15.4. The summed E-state index contributed by atoms with van der Waals surface area (Å²) in [6, 6.07) is 9.87. The van der Waals surface area contributed by atoms with E-state index in [-0.39, 0.29) is 27.8 Å². The second-order valence-corrected chi connectivity index (χ2v) is 13.2. The van der Waals surface area contributed by atoms with Gasteiger partial charge in [-0.2, -0.15) is 0 Å². The Bertz CT molecular complexity index is 1700. The van der Waals surface area contributed by atoms with E-state index in [4.69, 9.17) is 4.74 Å². The van der Waals surface area contributed by atoms with Gasteiger partial charge in [-0.05, 0) is 82.2 Å². The van der Waals surface area contributed by atoms with Crippen LogP contribution < -0.4 is 10.0 Å². The van der Waals surface area contributed by atoms with Crippen molar-refractivity contribution < 1.29 is 31.9 Å². The number of nitrogens with zero attached hydrogens (tertiary/aromatic N) is 2. The summed E-state index contributed by atoms with van der Waals surface area (Å²) in [5.74, 6) is 3.66. The average Bonchev–Trinajstić information content (AvgIpc) is 2.91. The molecule has 234 valence electrons. The Morgan fingerprint density at radius 1 is 1.05 bits per heavy atom. The van der Waals surface area contributed by atoms with Gasteiger partial charge in [0, 0.05) is 5.56 Å². The molecule has 0 spiro atoms. The molecule has 0 fully saturated rings. The van der Waals surface area contributed by atoms with Crippen molar-refractivity contribution in [3.8, 4) is 23.1 Å². The highest BCUT2D eigenvalue weighted by Crippen LogP contribution is 2.30. The number of hydrogen-bond acceptors (Lipinski definition) is 8. The van der Waals surface area contributed by atoms with Gasteiger partial charge in [-0.3, -0.25) is 0 Å². The van der Waals surface area contributed by atoms with Gasteiger partial charge in [0.1, 0.15) is 11.3 Å². The van der Waals surface area contributed by atoms with Crippen molar-refractivity contribution in [1.82, 2.24) is 15.3 Å². The van der Waals surface area contributed by atoms with Gasteiger partial charge in [0.05, 0.1) is 23.6 Å². The molecular weight excluding hydrogens is 587 g/mol. The van der Waals surface area contributed by atoms with Crippen LogP contribution in [0.15, 0.2) is 47.4 Å². The standard InChI is InChI=1S/C32H37FN4O6S/c1-19(2)17-23(34-31(39)43-32(5,6)7)15-16-25-27(33)28(26-20(3)11-9-12-21(26)4)36-30(35-25)37-44(40,41)24-14-10-13-22(18-24)29(38)42-8/h9-14,18-19,23H,17H2,1-8H3,(H,34,39)(H,35,36,37). The molecule has 1 unspecified atom stereocenters. The average molecular weight is 625 g/mol. The van der Waals surface area contributed by atoms with E-state index in [1.165, 1.54) is 25.3 Å². The van der Waals surface area contributed by atoms with Crippen LogP contribution in [0.2, 0.25) is 0 Å². The number of alkyl carbamates (subject to hydrolysis) is 1. The first-order chi connectivity index (χ1) is 20.5. The molecule has 0 aliphatic rings. The smallest absolute Gasteiger partial charge is 0.408 e. The van der Waals surface area contributed by atoms with E-state index in [2.05, 4.69) is 36.6 Å². The van der Waals surface area contributed by atoms with Crippen LogP contribution in [0, 0.1) is 37.4 Å². The Kier molecular flexibility index (Phi) is 10.7. The van der Waals surface area contributed by atoms with E-state index in [0.29, 0.717) is 23.1 Å². The zero-order valence-electron chi connectivity index (χ0n) is 26.0. The van der Waals surface area contributed by atoms with Gasteiger partial charge < -0.3 is 14.8 Å². The molecule has 1 amide bonds. The van der Waals surface area contributed by atoms with E-state index in [9.17, 15) is 18.0 Å². The number of amides is 1. The molecule has 1 atom stereocenters. The number of aromatic nitrogens is 2. The van der Waals surface area contributed by atoms with E-state index in [1.807, 2.05) is 19.9 Å². The summed E-state index contributed by atoms with van der Waals surface area (Å²) in [5, 5.41) is 2.70. The second-order valence-electron chi connectivity index (χ2n) is 11.5. The van der Waals surface area contributed by atoms with Crippen LogP contribution in [-0.4, -0.2) is 49.2 Å². The van der Waals surface area contributed by atoms with Crippen molar-refractivity contribution in [2.24, 2.45) is 5.92 Å². The van der Waals surface area contributed by atoms with E-state index in [1.54, 1.807) is 46.8 Å². The first-order valence-electron chi connectivity index (χ1n) is 13.9. The molecule has 12 heteroatoms. The number of anilines is 1. The fourth-order valence-corrected chi connectivity index (χ4v) is 5.24. The number of ether oxygens (including phenoxy) is 2. The molecule has 2 N–H and O–H groups in total. The largest absolute Gasteiger partial charge is 0.465 e. The van der Waals surface area contributed by atoms with Crippen molar-refractivity contribution in [2.75, 3.05) is 11.8 Å². The van der Waals surface area contributed by atoms with Crippen LogP contribution >= 0.6 is 0 Å². The van der Waals surface area contributed by atoms with Gasteiger partial charge in [0.25, 0.3) is 10.0 Å². The summed E-state index contributed by atoms with van der Waals surface area (Å²) in [5.41, 5.74) is 0.609. The topological polar surface area (TPSA) is 137 Å². The lowest BCUT2D eigenvalue weighted by Gasteiger charge is -2.22. The van der Waals surface area contributed by atoms with E-state index in [0.717, 1.165) is 6.07 Å². The van der Waals surface area contributed by atoms with Gasteiger partial charge >= 0.3 is 12.1 Å². The summed E-state index contributed by atoms with van der Waals surface area (Å²) in [4.78, 5) is 32.5. The molecule has 10 nitrogen and oxygen atoms in total. The third kappa shape index (κ3) is 9.00. The monoisotopic (exact) mass is 624 g/mol. The number of benzene rings is 2. The lowest BCUT2D eigenvalue weighted by atomic mass is 9.99. The number of rotatable bonds is 8. The number of halogens is 1. The number of methoxy groups -OCH3 is 1. The molecule has 44 heavy (non-hydrogen) atoms. The molecule has 1 aromatic heterocycles. The molecule has 3 aromatic rings. The molecule has 3 rings (SSSR count). The van der Waals surface area contributed by atoms with Gasteiger partial charge in [-0.15, -0.1) is 0 Å². The maximum absolute atomic E-state index is 16.1. The summed E-state index contributed by atoms with van der Waals surface area (Å²) < 4.78 is 55.1. The molecule has 0 aliphatic carbocycles. The number of carbonyl (C=O) groups excluding carboxylic acids is 2. The second kappa shape index (κ2) is 13.9. The highest BCUT2D eigenvalue weighted by atomic mass is 32.2. The number of carbonyl (C=O) groups is 2. The zero-order valence-corrected chi connectivity index (χ0v) is 26.8. The number of esters is 1. The Morgan fingerprint density at radius 2 is 1.68 bits per heavy atom. The van der Waals surface area contributed by atoms with E-state index >= 15 is 4.39 Å².